The molecule has 0 amide bonds. The molecule has 0 aromatic heterocycles. The van der Waals surface area contributed by atoms with Crippen molar-refractivity contribution in [3.8, 4) is 11.5 Å². The highest BCUT2D eigenvalue weighted by atomic mass is 16.8. The van der Waals surface area contributed by atoms with Crippen LogP contribution in [0.3, 0.4) is 0 Å². The van der Waals surface area contributed by atoms with Crippen molar-refractivity contribution in [2.75, 3.05) is 13.7 Å². The van der Waals surface area contributed by atoms with Crippen LogP contribution in [0.25, 0.3) is 0 Å². The standard InChI is InChI=1S/C25H36O12/c1-5-25(3,33)10-6-7-13(2)22(31)35-12-17-19(28)20(29)21(30)24(36-17)37-23(32)18(27)14-8-9-15(26)16(11-14)34-4/h5,7-9,11,17-21,23-24,26-30,32-33H,1,6,10,12H2,2-4H3/b13-7-/t17?,18?,19-,20+,21+,23?,24+,25+/m1/s1. The Labute approximate surface area is 214 Å². The van der Waals surface area contributed by atoms with Crippen molar-refractivity contribution in [3.63, 3.8) is 0 Å². The highest BCUT2D eigenvalue weighted by Crippen LogP contribution is 2.31. The summed E-state index contributed by atoms with van der Waals surface area (Å²) in [5.74, 6) is -0.888. The summed E-state index contributed by atoms with van der Waals surface area (Å²) in [6.45, 7) is 6.10. The van der Waals surface area contributed by atoms with Crippen LogP contribution in [0, 0.1) is 0 Å². The number of carbonyl (C=O) groups excluding carboxylic acids is 1. The Bertz CT molecular complexity index is 946. The largest absolute Gasteiger partial charge is 0.504 e. The van der Waals surface area contributed by atoms with E-state index < -0.39 is 61.3 Å². The molecule has 1 fully saturated rings. The van der Waals surface area contributed by atoms with Crippen molar-refractivity contribution >= 4 is 5.97 Å². The lowest BCUT2D eigenvalue weighted by Crippen LogP contribution is -2.60. The molecule has 3 unspecified atom stereocenters. The maximum atomic E-state index is 12.3. The molecule has 0 radical (unpaired) electrons. The van der Waals surface area contributed by atoms with Crippen LogP contribution in [0.15, 0.2) is 42.5 Å². The van der Waals surface area contributed by atoms with Crippen LogP contribution in [-0.4, -0.2) is 98.0 Å². The first-order valence-electron chi connectivity index (χ1n) is 11.6. The molecule has 0 spiro atoms. The van der Waals surface area contributed by atoms with E-state index in [-0.39, 0.29) is 22.6 Å². The molecule has 2 rings (SSSR count). The normalized spacial score (nSPS) is 27.6. The SMILES string of the molecule is C=C[C@](C)(O)CC/C=C(/C)C(=O)OCC1O[C@@H](OC(O)C(O)c2ccc(O)c(OC)c2)[C@@H](O)[C@@H](O)[C@@H]1O. The number of aliphatic hydroxyl groups excluding tert-OH is 5. The zero-order chi connectivity index (χ0) is 27.9. The average molecular weight is 529 g/mol. The molecule has 1 aromatic rings. The van der Waals surface area contributed by atoms with Crippen LogP contribution in [0.5, 0.6) is 11.5 Å². The molecule has 0 aliphatic carbocycles. The first-order valence-corrected chi connectivity index (χ1v) is 11.6. The lowest BCUT2D eigenvalue weighted by atomic mass is 9.99. The smallest absolute Gasteiger partial charge is 0.333 e. The number of ether oxygens (including phenoxy) is 4. The summed E-state index contributed by atoms with van der Waals surface area (Å²) in [6, 6.07) is 3.81. The average Bonchev–Trinajstić information content (AvgIpc) is 2.87. The Balaban J connectivity index is 2.00. The number of hydrogen-bond acceptors (Lipinski definition) is 12. The number of hydrogen-bond donors (Lipinski definition) is 7. The molecule has 1 heterocycles. The number of aromatic hydroxyl groups is 1. The summed E-state index contributed by atoms with van der Waals surface area (Å²) in [7, 11) is 1.30. The van der Waals surface area contributed by atoms with Gasteiger partial charge in [-0.15, -0.1) is 6.58 Å². The van der Waals surface area contributed by atoms with Crippen LogP contribution < -0.4 is 4.74 Å². The van der Waals surface area contributed by atoms with Gasteiger partial charge in [-0.1, -0.05) is 18.2 Å². The highest BCUT2D eigenvalue weighted by Gasteiger charge is 2.46. The first kappa shape index (κ1) is 30.7. The van der Waals surface area contributed by atoms with Gasteiger partial charge < -0.3 is 54.7 Å². The van der Waals surface area contributed by atoms with Gasteiger partial charge in [0.15, 0.2) is 24.1 Å². The van der Waals surface area contributed by atoms with Gasteiger partial charge in [0.25, 0.3) is 0 Å². The maximum absolute atomic E-state index is 12.3. The van der Waals surface area contributed by atoms with Gasteiger partial charge in [0.2, 0.25) is 0 Å². The zero-order valence-electron chi connectivity index (χ0n) is 20.9. The molecule has 208 valence electrons. The van der Waals surface area contributed by atoms with E-state index in [0.29, 0.717) is 12.8 Å². The van der Waals surface area contributed by atoms with E-state index in [1.807, 2.05) is 0 Å². The molecule has 12 nitrogen and oxygen atoms in total. The van der Waals surface area contributed by atoms with Crippen molar-refractivity contribution in [2.45, 2.75) is 75.4 Å². The fourth-order valence-electron chi connectivity index (χ4n) is 3.46. The fourth-order valence-corrected chi connectivity index (χ4v) is 3.46. The second-order valence-electron chi connectivity index (χ2n) is 9.00. The topological polar surface area (TPSA) is 196 Å². The van der Waals surface area contributed by atoms with E-state index in [4.69, 9.17) is 18.9 Å². The third kappa shape index (κ3) is 8.22. The molecule has 1 saturated heterocycles. The summed E-state index contributed by atoms with van der Waals surface area (Å²) in [6.07, 6.45) is -8.24. The third-order valence-corrected chi connectivity index (χ3v) is 6.00. The van der Waals surface area contributed by atoms with Crippen LogP contribution in [0.2, 0.25) is 0 Å². The Morgan fingerprint density at radius 1 is 1.22 bits per heavy atom. The van der Waals surface area contributed by atoms with Gasteiger partial charge in [-0.2, -0.15) is 0 Å². The molecular formula is C25H36O12. The van der Waals surface area contributed by atoms with Gasteiger partial charge in [0, 0.05) is 5.57 Å². The Kier molecular flexibility index (Phi) is 11.0. The van der Waals surface area contributed by atoms with Crippen LogP contribution >= 0.6 is 0 Å². The second kappa shape index (κ2) is 13.3. The van der Waals surface area contributed by atoms with Crippen LogP contribution in [-0.2, 0) is 19.0 Å². The number of rotatable bonds is 12. The maximum Gasteiger partial charge on any atom is 0.333 e. The summed E-state index contributed by atoms with van der Waals surface area (Å²) >= 11 is 0. The van der Waals surface area contributed by atoms with Crippen molar-refractivity contribution in [1.82, 2.24) is 0 Å². The minimum atomic E-state index is -1.96. The molecule has 0 saturated carbocycles. The van der Waals surface area contributed by atoms with Gasteiger partial charge in [-0.05, 0) is 44.4 Å². The Morgan fingerprint density at radius 3 is 2.51 bits per heavy atom. The highest BCUT2D eigenvalue weighted by molar-refractivity contribution is 5.87. The number of allylic oxidation sites excluding steroid dienone is 1. The molecule has 1 aliphatic rings. The zero-order valence-corrected chi connectivity index (χ0v) is 20.9. The minimum absolute atomic E-state index is 0.0357. The van der Waals surface area contributed by atoms with E-state index in [1.165, 1.54) is 38.3 Å². The summed E-state index contributed by atoms with van der Waals surface area (Å²) in [5.41, 5.74) is -0.740. The van der Waals surface area contributed by atoms with Crippen LogP contribution in [0.4, 0.5) is 0 Å². The van der Waals surface area contributed by atoms with Gasteiger partial charge >= 0.3 is 5.97 Å². The van der Waals surface area contributed by atoms with Gasteiger partial charge in [0.05, 0.1) is 12.7 Å². The molecule has 1 aromatic carbocycles. The van der Waals surface area contributed by atoms with Gasteiger partial charge in [0.1, 0.15) is 37.1 Å². The predicted octanol–water partition coefficient (Wildman–Crippen LogP) is -0.216. The monoisotopic (exact) mass is 528 g/mol. The lowest BCUT2D eigenvalue weighted by molar-refractivity contribution is -0.342. The number of methoxy groups -OCH3 is 1. The Morgan fingerprint density at radius 2 is 1.89 bits per heavy atom. The van der Waals surface area contributed by atoms with E-state index >= 15 is 0 Å². The first-order chi connectivity index (χ1) is 17.3. The number of phenols is 1. The molecule has 7 N–H and O–H groups in total. The van der Waals surface area contributed by atoms with E-state index in [1.54, 1.807) is 13.0 Å². The third-order valence-electron chi connectivity index (χ3n) is 6.00. The summed E-state index contributed by atoms with van der Waals surface area (Å²) in [4.78, 5) is 12.3. The predicted molar refractivity (Wildman–Crippen MR) is 128 cm³/mol. The van der Waals surface area contributed by atoms with Crippen molar-refractivity contribution < 1.29 is 59.5 Å². The van der Waals surface area contributed by atoms with Crippen LogP contribution in [0.1, 0.15) is 38.4 Å². The van der Waals surface area contributed by atoms with E-state index in [0.717, 1.165) is 0 Å². The molecule has 37 heavy (non-hydrogen) atoms. The van der Waals surface area contributed by atoms with E-state index in [2.05, 4.69) is 6.58 Å². The minimum Gasteiger partial charge on any atom is -0.504 e. The lowest BCUT2D eigenvalue weighted by Gasteiger charge is -2.40. The number of aliphatic hydroxyl groups is 6. The number of phenolic OH excluding ortho intramolecular Hbond substituents is 1. The molecule has 8 atom stereocenters. The molecule has 0 bridgehead atoms. The summed E-state index contributed by atoms with van der Waals surface area (Å²) < 4.78 is 20.7. The van der Waals surface area contributed by atoms with Gasteiger partial charge in [-0.25, -0.2) is 4.79 Å². The number of carbonyl (C=O) groups is 1. The van der Waals surface area contributed by atoms with E-state index in [9.17, 15) is 40.5 Å². The second-order valence-corrected chi connectivity index (χ2v) is 9.00. The quantitative estimate of drug-likeness (QED) is 0.0817. The molecular weight excluding hydrogens is 492 g/mol. The fraction of sp³-hybridized carbons (Fsp3) is 0.560. The number of benzene rings is 1. The number of esters is 1. The van der Waals surface area contributed by atoms with Crippen molar-refractivity contribution in [1.29, 1.82) is 0 Å². The van der Waals surface area contributed by atoms with Crippen molar-refractivity contribution in [3.05, 3.63) is 48.1 Å². The van der Waals surface area contributed by atoms with Gasteiger partial charge in [-0.3, -0.25) is 0 Å². The summed E-state index contributed by atoms with van der Waals surface area (Å²) in [5, 5.41) is 71.1. The van der Waals surface area contributed by atoms with Crippen molar-refractivity contribution in [2.24, 2.45) is 0 Å². The molecule has 1 aliphatic heterocycles. The molecule has 12 heteroatoms. The Hall–Kier alpha value is -2.55.